The van der Waals surface area contributed by atoms with Gasteiger partial charge in [0.2, 0.25) is 5.13 Å². The highest BCUT2D eigenvalue weighted by Crippen LogP contribution is 2.20. The van der Waals surface area contributed by atoms with Crippen LogP contribution in [0, 0.1) is 0 Å². The van der Waals surface area contributed by atoms with Crippen LogP contribution < -0.4 is 10.6 Å². The Morgan fingerprint density at radius 1 is 1.32 bits per heavy atom. The van der Waals surface area contributed by atoms with Crippen molar-refractivity contribution in [1.29, 1.82) is 0 Å². The third-order valence-electron chi connectivity index (χ3n) is 2.04. The Morgan fingerprint density at radius 2 is 2.11 bits per heavy atom. The third-order valence-corrected chi connectivity index (χ3v) is 2.97. The van der Waals surface area contributed by atoms with Gasteiger partial charge < -0.3 is 10.4 Å². The van der Waals surface area contributed by atoms with Crippen molar-refractivity contribution < 1.29 is 14.7 Å². The van der Waals surface area contributed by atoms with E-state index in [9.17, 15) is 9.59 Å². The quantitative estimate of drug-likeness (QED) is 0.807. The fourth-order valence-corrected chi connectivity index (χ4v) is 1.89. The first-order valence-electron chi connectivity index (χ1n) is 4.93. The SMILES string of the molecule is O=C(Nc1ccc(Cl)c(C(=O)O)c1)Nc1nncs1. The van der Waals surface area contributed by atoms with Gasteiger partial charge in [-0.25, -0.2) is 9.59 Å². The van der Waals surface area contributed by atoms with Crippen LogP contribution in [0.4, 0.5) is 15.6 Å². The van der Waals surface area contributed by atoms with Crippen LogP contribution in [0.3, 0.4) is 0 Å². The topological polar surface area (TPSA) is 104 Å². The first-order valence-corrected chi connectivity index (χ1v) is 6.19. The highest BCUT2D eigenvalue weighted by Gasteiger charge is 2.11. The van der Waals surface area contributed by atoms with E-state index in [4.69, 9.17) is 16.7 Å². The van der Waals surface area contributed by atoms with Crippen molar-refractivity contribution in [3.8, 4) is 0 Å². The molecule has 1 aromatic heterocycles. The molecule has 0 unspecified atom stereocenters. The molecule has 0 spiro atoms. The van der Waals surface area contributed by atoms with E-state index in [-0.39, 0.29) is 10.6 Å². The molecule has 7 nitrogen and oxygen atoms in total. The lowest BCUT2D eigenvalue weighted by Crippen LogP contribution is -2.19. The first-order chi connectivity index (χ1) is 9.06. The maximum Gasteiger partial charge on any atom is 0.337 e. The predicted octanol–water partition coefficient (Wildman–Crippen LogP) is 2.53. The Bertz CT molecular complexity index is 617. The molecule has 2 aromatic rings. The Hall–Kier alpha value is -2.19. The molecule has 3 N–H and O–H groups in total. The van der Waals surface area contributed by atoms with Crippen LogP contribution >= 0.6 is 22.9 Å². The summed E-state index contributed by atoms with van der Waals surface area (Å²) in [7, 11) is 0. The molecular formula is C10H7ClN4O3S. The average Bonchev–Trinajstić information content (AvgIpc) is 2.84. The number of aromatic nitrogens is 2. The van der Waals surface area contributed by atoms with Crippen LogP contribution in [0.5, 0.6) is 0 Å². The number of carbonyl (C=O) groups excluding carboxylic acids is 1. The zero-order valence-electron chi connectivity index (χ0n) is 9.25. The van der Waals surface area contributed by atoms with Crippen molar-refractivity contribution in [1.82, 2.24) is 10.2 Å². The Kier molecular flexibility index (Phi) is 3.93. The third kappa shape index (κ3) is 3.39. The summed E-state index contributed by atoms with van der Waals surface area (Å²) in [5.41, 5.74) is 1.69. The van der Waals surface area contributed by atoms with E-state index in [0.717, 1.165) is 11.3 Å². The van der Waals surface area contributed by atoms with Crippen molar-refractivity contribution in [3.63, 3.8) is 0 Å². The number of rotatable bonds is 3. The normalized spacial score (nSPS) is 9.95. The number of carboxylic acid groups (broad SMARTS) is 1. The van der Waals surface area contributed by atoms with Crippen LogP contribution in [-0.4, -0.2) is 27.3 Å². The van der Waals surface area contributed by atoms with E-state index >= 15 is 0 Å². The van der Waals surface area contributed by atoms with Crippen molar-refractivity contribution in [2.45, 2.75) is 0 Å². The summed E-state index contributed by atoms with van der Waals surface area (Å²) in [6, 6.07) is 3.61. The summed E-state index contributed by atoms with van der Waals surface area (Å²) < 4.78 is 0. The van der Waals surface area contributed by atoms with E-state index in [1.165, 1.54) is 23.7 Å². The van der Waals surface area contributed by atoms with Crippen LogP contribution in [0.1, 0.15) is 10.4 Å². The number of nitrogens with zero attached hydrogens (tertiary/aromatic N) is 2. The maximum absolute atomic E-state index is 11.6. The lowest BCUT2D eigenvalue weighted by atomic mass is 10.2. The number of halogens is 1. The second kappa shape index (κ2) is 5.63. The molecular weight excluding hydrogens is 292 g/mol. The number of hydrogen-bond donors (Lipinski definition) is 3. The summed E-state index contributed by atoms with van der Waals surface area (Å²) in [6.45, 7) is 0. The highest BCUT2D eigenvalue weighted by atomic mass is 35.5. The predicted molar refractivity (Wildman–Crippen MR) is 71.0 cm³/mol. The van der Waals surface area contributed by atoms with Gasteiger partial charge in [-0.05, 0) is 18.2 Å². The van der Waals surface area contributed by atoms with Gasteiger partial charge in [0.25, 0.3) is 0 Å². The molecule has 0 bridgehead atoms. The van der Waals surface area contributed by atoms with Gasteiger partial charge in [0.1, 0.15) is 5.51 Å². The van der Waals surface area contributed by atoms with E-state index in [1.807, 2.05) is 0 Å². The van der Waals surface area contributed by atoms with Crippen LogP contribution in [0.25, 0.3) is 0 Å². The largest absolute Gasteiger partial charge is 0.478 e. The van der Waals surface area contributed by atoms with Crippen molar-refractivity contribution in [2.24, 2.45) is 0 Å². The molecule has 0 atom stereocenters. The molecule has 0 saturated heterocycles. The van der Waals surface area contributed by atoms with Gasteiger partial charge in [0.05, 0.1) is 10.6 Å². The van der Waals surface area contributed by atoms with E-state index < -0.39 is 12.0 Å². The van der Waals surface area contributed by atoms with Gasteiger partial charge in [-0.15, -0.1) is 10.2 Å². The minimum Gasteiger partial charge on any atom is -0.478 e. The van der Waals surface area contributed by atoms with Crippen LogP contribution in [-0.2, 0) is 0 Å². The average molecular weight is 299 g/mol. The van der Waals surface area contributed by atoms with Gasteiger partial charge in [0, 0.05) is 5.69 Å². The number of benzene rings is 1. The van der Waals surface area contributed by atoms with Crippen molar-refractivity contribution >= 4 is 45.8 Å². The number of nitrogens with one attached hydrogen (secondary N) is 2. The monoisotopic (exact) mass is 298 g/mol. The summed E-state index contributed by atoms with van der Waals surface area (Å²) in [6.07, 6.45) is 0. The summed E-state index contributed by atoms with van der Waals surface area (Å²) >= 11 is 6.88. The zero-order valence-corrected chi connectivity index (χ0v) is 10.8. The molecule has 2 rings (SSSR count). The minimum absolute atomic E-state index is 0.0876. The minimum atomic E-state index is -1.17. The number of carbonyl (C=O) groups is 2. The fraction of sp³-hybridized carbons (Fsp3) is 0. The van der Waals surface area contributed by atoms with E-state index in [2.05, 4.69) is 20.8 Å². The fourth-order valence-electron chi connectivity index (χ4n) is 1.25. The van der Waals surface area contributed by atoms with Gasteiger partial charge in [-0.3, -0.25) is 5.32 Å². The maximum atomic E-state index is 11.6. The summed E-state index contributed by atoms with van der Waals surface area (Å²) in [4.78, 5) is 22.5. The van der Waals surface area contributed by atoms with Crippen LogP contribution in [0.15, 0.2) is 23.7 Å². The molecule has 98 valence electrons. The van der Waals surface area contributed by atoms with Crippen molar-refractivity contribution in [2.75, 3.05) is 10.6 Å². The number of urea groups is 1. The van der Waals surface area contributed by atoms with E-state index in [0.29, 0.717) is 10.8 Å². The second-order valence-electron chi connectivity index (χ2n) is 3.32. The number of amides is 2. The molecule has 0 saturated carbocycles. The first kappa shape index (κ1) is 13.2. The summed E-state index contributed by atoms with van der Waals surface area (Å²) in [5.74, 6) is -1.17. The smallest absolute Gasteiger partial charge is 0.337 e. The Labute approximate surface area is 116 Å². The standard InChI is InChI=1S/C10H7ClN4O3S/c11-7-2-1-5(3-6(7)8(16)17)13-9(18)14-10-15-12-4-19-10/h1-4H,(H,16,17)(H2,13,14,15,18). The number of hydrogen-bond acceptors (Lipinski definition) is 5. The molecule has 9 heteroatoms. The molecule has 0 aliphatic carbocycles. The molecule has 0 aliphatic rings. The van der Waals surface area contributed by atoms with Gasteiger partial charge >= 0.3 is 12.0 Å². The zero-order chi connectivity index (χ0) is 13.8. The molecule has 0 radical (unpaired) electrons. The van der Waals surface area contributed by atoms with Gasteiger partial charge in [-0.1, -0.05) is 22.9 Å². The van der Waals surface area contributed by atoms with E-state index in [1.54, 1.807) is 0 Å². The lowest BCUT2D eigenvalue weighted by molar-refractivity contribution is 0.0697. The summed E-state index contributed by atoms with van der Waals surface area (Å²) in [5, 5.41) is 21.5. The molecule has 1 heterocycles. The number of anilines is 2. The lowest BCUT2D eigenvalue weighted by Gasteiger charge is -2.06. The van der Waals surface area contributed by atoms with Crippen LogP contribution in [0.2, 0.25) is 5.02 Å². The second-order valence-corrected chi connectivity index (χ2v) is 4.56. The van der Waals surface area contributed by atoms with Gasteiger partial charge in [-0.2, -0.15) is 0 Å². The molecule has 1 aromatic carbocycles. The van der Waals surface area contributed by atoms with Gasteiger partial charge in [0.15, 0.2) is 0 Å². The molecule has 19 heavy (non-hydrogen) atoms. The van der Waals surface area contributed by atoms with Crippen molar-refractivity contribution in [3.05, 3.63) is 34.3 Å². The molecule has 2 amide bonds. The highest BCUT2D eigenvalue weighted by molar-refractivity contribution is 7.13. The number of aromatic carboxylic acids is 1. The molecule has 0 aliphatic heterocycles. The Balaban J connectivity index is 2.09. The number of carboxylic acids is 1. The molecule has 0 fully saturated rings. The Morgan fingerprint density at radius 3 is 2.74 bits per heavy atom.